The number of hydrogen-bond acceptors (Lipinski definition) is 2. The first-order valence-corrected chi connectivity index (χ1v) is 8.30. The molecule has 2 nitrogen and oxygen atoms in total. The van der Waals surface area contributed by atoms with Crippen LogP contribution in [0.15, 0.2) is 24.3 Å². The van der Waals surface area contributed by atoms with Crippen LogP contribution < -0.4 is 10.2 Å². The molecule has 1 aromatic rings. The minimum Gasteiger partial charge on any atom is -0.369 e. The molecule has 0 bridgehead atoms. The maximum Gasteiger partial charge on any atom is 0.0412 e. The van der Waals surface area contributed by atoms with Crippen molar-refractivity contribution < 1.29 is 0 Å². The van der Waals surface area contributed by atoms with Crippen LogP contribution in [0.25, 0.3) is 0 Å². The van der Waals surface area contributed by atoms with E-state index >= 15 is 0 Å². The second kappa shape index (κ2) is 5.77. The average Bonchev–Trinajstić information content (AvgIpc) is 2.87. The zero-order valence-corrected chi connectivity index (χ0v) is 13.0. The summed E-state index contributed by atoms with van der Waals surface area (Å²) >= 11 is 0. The van der Waals surface area contributed by atoms with E-state index in [0.29, 0.717) is 5.54 Å². The molecule has 1 heterocycles. The van der Waals surface area contributed by atoms with Crippen molar-refractivity contribution in [3.63, 3.8) is 0 Å². The molecule has 2 heteroatoms. The van der Waals surface area contributed by atoms with Gasteiger partial charge in [0.1, 0.15) is 0 Å². The zero-order valence-electron chi connectivity index (χ0n) is 13.0. The van der Waals surface area contributed by atoms with Crippen LogP contribution in [0, 0.1) is 5.92 Å². The SMILES string of the molecule is CCC(C)CN1CC2(CCCC2)NCc2ccccc21. The Balaban J connectivity index is 1.89. The largest absolute Gasteiger partial charge is 0.369 e. The summed E-state index contributed by atoms with van der Waals surface area (Å²) in [6.45, 7) is 8.10. The van der Waals surface area contributed by atoms with Gasteiger partial charge in [-0.25, -0.2) is 0 Å². The van der Waals surface area contributed by atoms with Gasteiger partial charge in [-0.2, -0.15) is 0 Å². The summed E-state index contributed by atoms with van der Waals surface area (Å²) in [5.74, 6) is 0.764. The third kappa shape index (κ3) is 2.71. The monoisotopic (exact) mass is 272 g/mol. The number of rotatable bonds is 3. The molecule has 1 fully saturated rings. The number of para-hydroxylation sites is 1. The summed E-state index contributed by atoms with van der Waals surface area (Å²) in [6, 6.07) is 8.97. The second-order valence-corrected chi connectivity index (χ2v) is 6.86. The summed E-state index contributed by atoms with van der Waals surface area (Å²) in [4.78, 5) is 2.66. The van der Waals surface area contributed by atoms with Crippen LogP contribution in [0.5, 0.6) is 0 Å². The Morgan fingerprint density at radius 2 is 2.00 bits per heavy atom. The van der Waals surface area contributed by atoms with Crippen molar-refractivity contribution in [1.29, 1.82) is 0 Å². The van der Waals surface area contributed by atoms with Crippen molar-refractivity contribution >= 4 is 5.69 Å². The van der Waals surface area contributed by atoms with E-state index in [9.17, 15) is 0 Å². The van der Waals surface area contributed by atoms with E-state index < -0.39 is 0 Å². The van der Waals surface area contributed by atoms with E-state index in [1.54, 1.807) is 0 Å². The quantitative estimate of drug-likeness (QED) is 0.896. The summed E-state index contributed by atoms with van der Waals surface area (Å²) in [5, 5.41) is 3.89. The fourth-order valence-corrected chi connectivity index (χ4v) is 3.81. The van der Waals surface area contributed by atoms with Crippen molar-refractivity contribution in [3.05, 3.63) is 29.8 Å². The average molecular weight is 272 g/mol. The van der Waals surface area contributed by atoms with Gasteiger partial charge in [0.2, 0.25) is 0 Å². The van der Waals surface area contributed by atoms with Gasteiger partial charge in [-0.15, -0.1) is 0 Å². The van der Waals surface area contributed by atoms with Crippen LogP contribution >= 0.6 is 0 Å². The predicted molar refractivity (Wildman–Crippen MR) is 86.1 cm³/mol. The maximum absolute atomic E-state index is 3.89. The topological polar surface area (TPSA) is 15.3 Å². The van der Waals surface area contributed by atoms with E-state index in [2.05, 4.69) is 48.3 Å². The van der Waals surface area contributed by atoms with Gasteiger partial charge in [0.25, 0.3) is 0 Å². The molecule has 1 N–H and O–H groups in total. The molecule has 1 aromatic carbocycles. The van der Waals surface area contributed by atoms with Crippen molar-refractivity contribution in [1.82, 2.24) is 5.32 Å². The number of benzene rings is 1. The number of hydrogen-bond donors (Lipinski definition) is 1. The predicted octanol–water partition coefficient (Wildman–Crippen LogP) is 3.96. The second-order valence-electron chi connectivity index (χ2n) is 6.86. The smallest absolute Gasteiger partial charge is 0.0412 e. The van der Waals surface area contributed by atoms with Gasteiger partial charge in [-0.3, -0.25) is 0 Å². The molecule has 1 aliphatic carbocycles. The lowest BCUT2D eigenvalue weighted by Crippen LogP contribution is -2.50. The molecule has 0 radical (unpaired) electrons. The van der Waals surface area contributed by atoms with Gasteiger partial charge >= 0.3 is 0 Å². The molecular weight excluding hydrogens is 244 g/mol. The summed E-state index contributed by atoms with van der Waals surface area (Å²) in [7, 11) is 0. The minimum atomic E-state index is 0.368. The third-order valence-corrected chi connectivity index (χ3v) is 5.27. The molecule has 1 spiro atoms. The highest BCUT2D eigenvalue weighted by atomic mass is 15.2. The summed E-state index contributed by atoms with van der Waals surface area (Å²) in [5.41, 5.74) is 3.30. The Kier molecular flexibility index (Phi) is 4.02. The fourth-order valence-electron chi connectivity index (χ4n) is 3.81. The number of nitrogens with one attached hydrogen (secondary N) is 1. The maximum atomic E-state index is 3.89. The summed E-state index contributed by atoms with van der Waals surface area (Å²) in [6.07, 6.45) is 6.73. The van der Waals surface area contributed by atoms with Gasteiger partial charge in [0.05, 0.1) is 0 Å². The molecule has 3 rings (SSSR count). The molecule has 0 aromatic heterocycles. The van der Waals surface area contributed by atoms with E-state index in [4.69, 9.17) is 0 Å². The van der Waals surface area contributed by atoms with Crippen LogP contribution in [0.1, 0.15) is 51.5 Å². The first-order valence-electron chi connectivity index (χ1n) is 8.30. The van der Waals surface area contributed by atoms with Crippen LogP contribution in [0.3, 0.4) is 0 Å². The number of fused-ring (bicyclic) bond motifs is 1. The van der Waals surface area contributed by atoms with Crippen molar-refractivity contribution in [2.24, 2.45) is 5.92 Å². The molecular formula is C18H28N2. The van der Waals surface area contributed by atoms with Gasteiger partial charge in [-0.05, 0) is 30.4 Å². The Labute approximate surface area is 123 Å². The first-order chi connectivity index (χ1) is 9.72. The van der Waals surface area contributed by atoms with Crippen LogP contribution in [0.2, 0.25) is 0 Å². The molecule has 1 aliphatic heterocycles. The Morgan fingerprint density at radius 3 is 2.75 bits per heavy atom. The molecule has 1 saturated carbocycles. The van der Waals surface area contributed by atoms with Gasteiger partial charge in [0, 0.05) is 30.9 Å². The normalized spacial score (nSPS) is 22.6. The molecule has 1 unspecified atom stereocenters. The van der Waals surface area contributed by atoms with E-state index in [0.717, 1.165) is 12.5 Å². The number of anilines is 1. The highest BCUT2D eigenvalue weighted by Crippen LogP contribution is 2.36. The summed E-state index contributed by atoms with van der Waals surface area (Å²) < 4.78 is 0. The van der Waals surface area contributed by atoms with Gasteiger partial charge < -0.3 is 10.2 Å². The highest BCUT2D eigenvalue weighted by molar-refractivity contribution is 5.55. The lowest BCUT2D eigenvalue weighted by Gasteiger charge is -2.36. The molecule has 0 amide bonds. The standard InChI is InChI=1S/C18H28N2/c1-3-15(2)13-20-14-18(10-6-7-11-18)19-12-16-8-4-5-9-17(16)20/h4-5,8-9,15,19H,3,6-7,10-14H2,1-2H3. The molecule has 1 atom stereocenters. The van der Waals surface area contributed by atoms with E-state index in [1.807, 2.05) is 0 Å². The molecule has 20 heavy (non-hydrogen) atoms. The van der Waals surface area contributed by atoms with Crippen LogP contribution in [-0.4, -0.2) is 18.6 Å². The van der Waals surface area contributed by atoms with Crippen molar-refractivity contribution in [3.8, 4) is 0 Å². The fraction of sp³-hybridized carbons (Fsp3) is 0.667. The first kappa shape index (κ1) is 13.9. The molecule has 110 valence electrons. The van der Waals surface area contributed by atoms with E-state index in [1.165, 1.54) is 56.4 Å². The number of nitrogens with zero attached hydrogens (tertiary/aromatic N) is 1. The highest BCUT2D eigenvalue weighted by Gasteiger charge is 2.37. The Hall–Kier alpha value is -1.02. The Bertz CT molecular complexity index is 448. The molecule has 2 aliphatic rings. The Morgan fingerprint density at radius 1 is 1.25 bits per heavy atom. The minimum absolute atomic E-state index is 0.368. The van der Waals surface area contributed by atoms with Crippen molar-refractivity contribution in [2.75, 3.05) is 18.0 Å². The lowest BCUT2D eigenvalue weighted by molar-refractivity contribution is 0.333. The third-order valence-electron chi connectivity index (χ3n) is 5.27. The van der Waals surface area contributed by atoms with Crippen LogP contribution in [-0.2, 0) is 6.54 Å². The van der Waals surface area contributed by atoms with Gasteiger partial charge in [-0.1, -0.05) is 51.3 Å². The van der Waals surface area contributed by atoms with Gasteiger partial charge in [0.15, 0.2) is 0 Å². The zero-order chi connectivity index (χ0) is 14.0. The van der Waals surface area contributed by atoms with Crippen molar-refractivity contribution in [2.45, 2.75) is 58.0 Å². The van der Waals surface area contributed by atoms with E-state index in [-0.39, 0.29) is 0 Å². The van der Waals surface area contributed by atoms with Crippen LogP contribution in [0.4, 0.5) is 5.69 Å². The molecule has 0 saturated heterocycles. The lowest BCUT2D eigenvalue weighted by atomic mass is 9.96.